The Morgan fingerprint density at radius 3 is 2.89 bits per heavy atom. The van der Waals surface area contributed by atoms with Crippen molar-refractivity contribution in [2.75, 3.05) is 0 Å². The van der Waals surface area contributed by atoms with Gasteiger partial charge < -0.3 is 10.6 Å². The van der Waals surface area contributed by atoms with Gasteiger partial charge in [-0.15, -0.1) is 11.3 Å². The molecule has 2 rings (SSSR count). The molecular formula is C14H15FN2OS. The molecule has 19 heavy (non-hydrogen) atoms. The fraction of sp³-hybridized carbons (Fsp3) is 0.214. The molecule has 0 radical (unpaired) electrons. The fourth-order valence-corrected chi connectivity index (χ4v) is 2.42. The Morgan fingerprint density at radius 1 is 1.37 bits per heavy atom. The first kappa shape index (κ1) is 13.5. The molecular weight excluding hydrogens is 263 g/mol. The molecule has 0 spiro atoms. The van der Waals surface area contributed by atoms with Gasteiger partial charge in [-0.1, -0.05) is 18.2 Å². The monoisotopic (exact) mass is 278 g/mol. The molecule has 0 saturated heterocycles. The fourth-order valence-electron chi connectivity index (χ4n) is 1.69. The van der Waals surface area contributed by atoms with Crippen molar-refractivity contribution >= 4 is 17.4 Å². The molecule has 2 N–H and O–H groups in total. The van der Waals surface area contributed by atoms with E-state index in [2.05, 4.69) is 10.6 Å². The van der Waals surface area contributed by atoms with Crippen molar-refractivity contribution in [3.05, 3.63) is 58.0 Å². The van der Waals surface area contributed by atoms with Crippen LogP contribution in [-0.4, -0.2) is 6.03 Å². The zero-order valence-corrected chi connectivity index (χ0v) is 11.3. The van der Waals surface area contributed by atoms with Crippen molar-refractivity contribution in [1.29, 1.82) is 0 Å². The lowest BCUT2D eigenvalue weighted by molar-refractivity contribution is 0.237. The third-order valence-electron chi connectivity index (χ3n) is 2.66. The zero-order chi connectivity index (χ0) is 13.7. The highest BCUT2D eigenvalue weighted by Gasteiger charge is 2.09. The summed E-state index contributed by atoms with van der Waals surface area (Å²) in [5.74, 6) is -0.299. The molecule has 1 atom stereocenters. The van der Waals surface area contributed by atoms with Crippen LogP contribution in [0.15, 0.2) is 41.8 Å². The van der Waals surface area contributed by atoms with Crippen LogP contribution in [-0.2, 0) is 6.54 Å². The summed E-state index contributed by atoms with van der Waals surface area (Å²) < 4.78 is 13.0. The number of benzene rings is 1. The average molecular weight is 278 g/mol. The van der Waals surface area contributed by atoms with E-state index in [1.54, 1.807) is 23.5 Å². The minimum atomic E-state index is -0.299. The molecule has 100 valence electrons. The Labute approximate surface area is 115 Å². The highest BCUT2D eigenvalue weighted by Crippen LogP contribution is 2.17. The number of urea groups is 1. The third-order valence-corrected chi connectivity index (χ3v) is 3.71. The maximum Gasteiger partial charge on any atom is 0.315 e. The van der Waals surface area contributed by atoms with Crippen LogP contribution in [0, 0.1) is 5.82 Å². The van der Waals surface area contributed by atoms with Gasteiger partial charge in [0.1, 0.15) is 5.82 Å². The predicted octanol–water partition coefficient (Wildman–Crippen LogP) is 3.45. The molecule has 2 aromatic rings. The van der Waals surface area contributed by atoms with Crippen LogP contribution >= 0.6 is 11.3 Å². The van der Waals surface area contributed by atoms with E-state index < -0.39 is 0 Å². The van der Waals surface area contributed by atoms with E-state index >= 15 is 0 Å². The van der Waals surface area contributed by atoms with Crippen LogP contribution in [0.2, 0.25) is 0 Å². The molecule has 1 aromatic heterocycles. The molecule has 0 aliphatic rings. The molecule has 5 heteroatoms. The van der Waals surface area contributed by atoms with E-state index in [9.17, 15) is 9.18 Å². The number of carbonyl (C=O) groups is 1. The number of hydrogen-bond donors (Lipinski definition) is 2. The van der Waals surface area contributed by atoms with Gasteiger partial charge in [-0.25, -0.2) is 9.18 Å². The predicted molar refractivity (Wildman–Crippen MR) is 74.5 cm³/mol. The van der Waals surface area contributed by atoms with Crippen molar-refractivity contribution in [3.8, 4) is 0 Å². The molecule has 0 bridgehead atoms. The van der Waals surface area contributed by atoms with Crippen molar-refractivity contribution in [2.45, 2.75) is 19.5 Å². The second kappa shape index (κ2) is 6.33. The first-order valence-electron chi connectivity index (χ1n) is 5.97. The highest BCUT2D eigenvalue weighted by molar-refractivity contribution is 7.10. The quantitative estimate of drug-likeness (QED) is 0.883. The van der Waals surface area contributed by atoms with Crippen LogP contribution in [0.25, 0.3) is 0 Å². The number of rotatable bonds is 4. The van der Waals surface area contributed by atoms with Crippen LogP contribution in [0.4, 0.5) is 9.18 Å². The van der Waals surface area contributed by atoms with E-state index in [4.69, 9.17) is 0 Å². The van der Waals surface area contributed by atoms with Gasteiger partial charge >= 0.3 is 6.03 Å². The molecule has 1 aromatic carbocycles. The standard InChI is InChI=1S/C14H15FN2OS/c1-10(13-6-3-7-19-13)17-14(18)16-9-11-4-2-5-12(15)8-11/h2-8,10H,9H2,1H3,(H2,16,17,18). The smallest absolute Gasteiger partial charge is 0.315 e. The maximum atomic E-state index is 13.0. The van der Waals surface area contributed by atoms with E-state index in [0.717, 1.165) is 10.4 Å². The summed E-state index contributed by atoms with van der Waals surface area (Å²) in [5, 5.41) is 7.51. The third kappa shape index (κ3) is 4.06. The number of carbonyl (C=O) groups excluding carboxylic acids is 1. The molecule has 0 aliphatic carbocycles. The summed E-state index contributed by atoms with van der Waals surface area (Å²) in [6.07, 6.45) is 0. The molecule has 1 heterocycles. The summed E-state index contributed by atoms with van der Waals surface area (Å²) in [7, 11) is 0. The van der Waals surface area contributed by atoms with Crippen molar-refractivity contribution in [1.82, 2.24) is 10.6 Å². The van der Waals surface area contributed by atoms with E-state index in [0.29, 0.717) is 6.54 Å². The Kier molecular flexibility index (Phi) is 4.52. The number of thiophene rings is 1. The van der Waals surface area contributed by atoms with E-state index in [1.165, 1.54) is 12.1 Å². The SMILES string of the molecule is CC(NC(=O)NCc1cccc(F)c1)c1cccs1. The lowest BCUT2D eigenvalue weighted by atomic mass is 10.2. The minimum absolute atomic E-state index is 0.0347. The molecule has 0 fully saturated rings. The van der Waals surface area contributed by atoms with Crippen LogP contribution in [0.1, 0.15) is 23.4 Å². The molecule has 2 amide bonds. The number of amides is 2. The van der Waals surface area contributed by atoms with Gasteiger partial charge in [-0.3, -0.25) is 0 Å². The van der Waals surface area contributed by atoms with Gasteiger partial charge in [0.25, 0.3) is 0 Å². The lowest BCUT2D eigenvalue weighted by Gasteiger charge is -2.13. The average Bonchev–Trinajstić information content (AvgIpc) is 2.90. The van der Waals surface area contributed by atoms with Crippen LogP contribution in [0.3, 0.4) is 0 Å². The second-order valence-electron chi connectivity index (χ2n) is 4.19. The van der Waals surface area contributed by atoms with Gasteiger partial charge in [0.15, 0.2) is 0 Å². The Hall–Kier alpha value is -1.88. The normalized spacial score (nSPS) is 11.9. The molecule has 0 saturated carbocycles. The summed E-state index contributed by atoms with van der Waals surface area (Å²) >= 11 is 1.60. The second-order valence-corrected chi connectivity index (χ2v) is 5.17. The van der Waals surface area contributed by atoms with E-state index in [1.807, 2.05) is 24.4 Å². The minimum Gasteiger partial charge on any atom is -0.334 e. The topological polar surface area (TPSA) is 41.1 Å². The van der Waals surface area contributed by atoms with Gasteiger partial charge in [-0.05, 0) is 36.1 Å². The molecule has 1 unspecified atom stereocenters. The lowest BCUT2D eigenvalue weighted by Crippen LogP contribution is -2.36. The maximum absolute atomic E-state index is 13.0. The first-order chi connectivity index (χ1) is 9.15. The van der Waals surface area contributed by atoms with Crippen LogP contribution < -0.4 is 10.6 Å². The Balaban J connectivity index is 1.82. The van der Waals surface area contributed by atoms with Crippen molar-refractivity contribution < 1.29 is 9.18 Å². The molecule has 3 nitrogen and oxygen atoms in total. The molecule has 0 aliphatic heterocycles. The number of nitrogens with one attached hydrogen (secondary N) is 2. The van der Waals surface area contributed by atoms with Gasteiger partial charge in [0, 0.05) is 11.4 Å². The first-order valence-corrected chi connectivity index (χ1v) is 6.85. The van der Waals surface area contributed by atoms with Crippen molar-refractivity contribution in [3.63, 3.8) is 0 Å². The van der Waals surface area contributed by atoms with Gasteiger partial charge in [0.2, 0.25) is 0 Å². The van der Waals surface area contributed by atoms with Gasteiger partial charge in [0.05, 0.1) is 6.04 Å². The zero-order valence-electron chi connectivity index (χ0n) is 10.5. The van der Waals surface area contributed by atoms with Crippen molar-refractivity contribution in [2.24, 2.45) is 0 Å². The number of hydrogen-bond acceptors (Lipinski definition) is 2. The summed E-state index contributed by atoms with van der Waals surface area (Å²) in [5.41, 5.74) is 0.735. The number of halogens is 1. The Bertz CT molecular complexity index is 542. The summed E-state index contributed by atoms with van der Waals surface area (Å²) in [6, 6.07) is 9.80. The van der Waals surface area contributed by atoms with Gasteiger partial charge in [-0.2, -0.15) is 0 Å². The highest BCUT2D eigenvalue weighted by atomic mass is 32.1. The van der Waals surface area contributed by atoms with Crippen LogP contribution in [0.5, 0.6) is 0 Å². The summed E-state index contributed by atoms with van der Waals surface area (Å²) in [6.45, 7) is 2.23. The summed E-state index contributed by atoms with van der Waals surface area (Å²) in [4.78, 5) is 12.8. The Morgan fingerprint density at radius 2 is 2.21 bits per heavy atom. The largest absolute Gasteiger partial charge is 0.334 e. The van der Waals surface area contributed by atoms with E-state index in [-0.39, 0.29) is 17.9 Å².